The van der Waals surface area contributed by atoms with Gasteiger partial charge in [-0.15, -0.1) is 0 Å². The standard InChI is InChI=1S/C10H13N/c1-10(2,7-8-11)9-5-3-4-6-9/h3-6,9H,7H2,1-2H3. The largest absolute Gasteiger partial charge is 0.198 e. The van der Waals surface area contributed by atoms with Crippen molar-refractivity contribution in [2.45, 2.75) is 20.3 Å². The SMILES string of the molecule is CC(C)(CC#N)C1C=CC=C1. The van der Waals surface area contributed by atoms with Crippen LogP contribution < -0.4 is 0 Å². The van der Waals surface area contributed by atoms with E-state index in [-0.39, 0.29) is 5.41 Å². The predicted molar refractivity (Wildman–Crippen MR) is 45.8 cm³/mol. The van der Waals surface area contributed by atoms with Crippen molar-refractivity contribution < 1.29 is 0 Å². The zero-order chi connectivity index (χ0) is 8.32. The summed E-state index contributed by atoms with van der Waals surface area (Å²) in [6.07, 6.45) is 9.01. The minimum atomic E-state index is 0.0955. The molecule has 1 aliphatic carbocycles. The van der Waals surface area contributed by atoms with E-state index in [1.807, 2.05) is 12.2 Å². The summed E-state index contributed by atoms with van der Waals surface area (Å²) in [7, 11) is 0. The molecule has 1 rings (SSSR count). The molecule has 58 valence electrons. The Balaban J connectivity index is 2.65. The fraction of sp³-hybridized carbons (Fsp3) is 0.500. The Morgan fingerprint density at radius 1 is 1.36 bits per heavy atom. The summed E-state index contributed by atoms with van der Waals surface area (Å²) >= 11 is 0. The van der Waals surface area contributed by atoms with Gasteiger partial charge in [0.15, 0.2) is 0 Å². The fourth-order valence-corrected chi connectivity index (χ4v) is 1.27. The molecule has 0 saturated heterocycles. The van der Waals surface area contributed by atoms with Crippen LogP contribution in [0.3, 0.4) is 0 Å². The molecule has 11 heavy (non-hydrogen) atoms. The fourth-order valence-electron chi connectivity index (χ4n) is 1.27. The Bertz CT molecular complexity index is 216. The van der Waals surface area contributed by atoms with Crippen molar-refractivity contribution >= 4 is 0 Å². The second-order valence-electron chi connectivity index (χ2n) is 3.62. The van der Waals surface area contributed by atoms with E-state index >= 15 is 0 Å². The maximum atomic E-state index is 8.56. The lowest BCUT2D eigenvalue weighted by atomic mass is 9.77. The molecular formula is C10H13N. The average molecular weight is 147 g/mol. The van der Waals surface area contributed by atoms with Gasteiger partial charge in [0, 0.05) is 12.3 Å². The number of hydrogen-bond acceptors (Lipinski definition) is 1. The van der Waals surface area contributed by atoms with E-state index in [1.165, 1.54) is 0 Å². The smallest absolute Gasteiger partial charge is 0.0627 e. The van der Waals surface area contributed by atoms with Gasteiger partial charge in [-0.25, -0.2) is 0 Å². The third kappa shape index (κ3) is 1.71. The van der Waals surface area contributed by atoms with E-state index in [1.54, 1.807) is 0 Å². The van der Waals surface area contributed by atoms with E-state index in [9.17, 15) is 0 Å². The second-order valence-corrected chi connectivity index (χ2v) is 3.62. The number of nitriles is 1. The van der Waals surface area contributed by atoms with Gasteiger partial charge in [-0.2, -0.15) is 5.26 Å². The topological polar surface area (TPSA) is 23.8 Å². The molecule has 0 atom stereocenters. The van der Waals surface area contributed by atoms with Crippen LogP contribution in [0, 0.1) is 22.7 Å². The molecule has 0 heterocycles. The third-order valence-corrected chi connectivity index (χ3v) is 2.19. The molecule has 0 aromatic heterocycles. The first-order valence-electron chi connectivity index (χ1n) is 3.89. The van der Waals surface area contributed by atoms with Crippen LogP contribution in [-0.4, -0.2) is 0 Å². The Kier molecular flexibility index (Phi) is 2.14. The van der Waals surface area contributed by atoms with Gasteiger partial charge in [0.1, 0.15) is 0 Å². The Morgan fingerprint density at radius 3 is 2.36 bits per heavy atom. The van der Waals surface area contributed by atoms with E-state index in [0.29, 0.717) is 12.3 Å². The van der Waals surface area contributed by atoms with Crippen LogP contribution in [0.25, 0.3) is 0 Å². The summed E-state index contributed by atoms with van der Waals surface area (Å²) in [4.78, 5) is 0. The molecule has 1 nitrogen and oxygen atoms in total. The highest BCUT2D eigenvalue weighted by Crippen LogP contribution is 2.34. The molecular weight excluding hydrogens is 134 g/mol. The number of rotatable bonds is 2. The highest BCUT2D eigenvalue weighted by molar-refractivity contribution is 5.20. The van der Waals surface area contributed by atoms with Crippen molar-refractivity contribution in [1.29, 1.82) is 5.26 Å². The summed E-state index contributed by atoms with van der Waals surface area (Å²) in [5, 5.41) is 8.56. The van der Waals surface area contributed by atoms with Crippen molar-refractivity contribution in [2.75, 3.05) is 0 Å². The van der Waals surface area contributed by atoms with Crippen LogP contribution in [0.15, 0.2) is 24.3 Å². The van der Waals surface area contributed by atoms with Crippen molar-refractivity contribution in [3.63, 3.8) is 0 Å². The summed E-state index contributed by atoms with van der Waals surface area (Å²) in [5.41, 5.74) is 0.0955. The van der Waals surface area contributed by atoms with E-state index in [4.69, 9.17) is 5.26 Å². The van der Waals surface area contributed by atoms with Crippen LogP contribution in [0.4, 0.5) is 0 Å². The Hall–Kier alpha value is -1.03. The van der Waals surface area contributed by atoms with Gasteiger partial charge in [-0.3, -0.25) is 0 Å². The third-order valence-electron chi connectivity index (χ3n) is 2.19. The number of allylic oxidation sites excluding steroid dienone is 4. The molecule has 0 unspecified atom stereocenters. The summed E-state index contributed by atoms with van der Waals surface area (Å²) in [6, 6.07) is 2.22. The first-order valence-corrected chi connectivity index (χ1v) is 3.89. The quantitative estimate of drug-likeness (QED) is 0.589. The van der Waals surface area contributed by atoms with Gasteiger partial charge in [-0.1, -0.05) is 38.2 Å². The molecule has 0 saturated carbocycles. The van der Waals surface area contributed by atoms with Crippen molar-refractivity contribution in [1.82, 2.24) is 0 Å². The molecule has 0 fully saturated rings. The van der Waals surface area contributed by atoms with Crippen LogP contribution in [0.1, 0.15) is 20.3 Å². The second kappa shape index (κ2) is 2.92. The number of hydrogen-bond donors (Lipinski definition) is 0. The van der Waals surface area contributed by atoms with Gasteiger partial charge >= 0.3 is 0 Å². The lowest BCUT2D eigenvalue weighted by Crippen LogP contribution is -2.19. The minimum Gasteiger partial charge on any atom is -0.198 e. The van der Waals surface area contributed by atoms with E-state index in [2.05, 4.69) is 32.1 Å². The Morgan fingerprint density at radius 2 is 1.91 bits per heavy atom. The molecule has 1 aliphatic rings. The van der Waals surface area contributed by atoms with Gasteiger partial charge in [0.05, 0.1) is 6.07 Å². The Labute approximate surface area is 68.0 Å². The minimum absolute atomic E-state index is 0.0955. The van der Waals surface area contributed by atoms with Gasteiger partial charge in [-0.05, 0) is 5.41 Å². The van der Waals surface area contributed by atoms with E-state index in [0.717, 1.165) is 0 Å². The van der Waals surface area contributed by atoms with E-state index < -0.39 is 0 Å². The van der Waals surface area contributed by atoms with Gasteiger partial charge in [0.2, 0.25) is 0 Å². The van der Waals surface area contributed by atoms with Crippen LogP contribution in [-0.2, 0) is 0 Å². The van der Waals surface area contributed by atoms with Gasteiger partial charge < -0.3 is 0 Å². The molecule has 0 aromatic carbocycles. The first-order chi connectivity index (χ1) is 5.17. The maximum Gasteiger partial charge on any atom is 0.0627 e. The van der Waals surface area contributed by atoms with Crippen molar-refractivity contribution in [2.24, 2.45) is 11.3 Å². The molecule has 1 heteroatoms. The average Bonchev–Trinajstić information content (AvgIpc) is 2.37. The summed E-state index contributed by atoms with van der Waals surface area (Å²) in [5.74, 6) is 0.446. The molecule has 0 aliphatic heterocycles. The van der Waals surface area contributed by atoms with Crippen LogP contribution >= 0.6 is 0 Å². The lowest BCUT2D eigenvalue weighted by molar-refractivity contribution is 0.313. The first kappa shape index (κ1) is 8.07. The highest BCUT2D eigenvalue weighted by Gasteiger charge is 2.26. The lowest BCUT2D eigenvalue weighted by Gasteiger charge is -2.25. The summed E-state index contributed by atoms with van der Waals surface area (Å²) in [6.45, 7) is 4.25. The molecule has 0 bridgehead atoms. The number of nitrogens with zero attached hydrogens (tertiary/aromatic N) is 1. The van der Waals surface area contributed by atoms with Gasteiger partial charge in [0.25, 0.3) is 0 Å². The highest BCUT2D eigenvalue weighted by atomic mass is 14.3. The monoisotopic (exact) mass is 147 g/mol. The predicted octanol–water partition coefficient (Wildman–Crippen LogP) is 2.67. The zero-order valence-electron chi connectivity index (χ0n) is 7.04. The van der Waals surface area contributed by atoms with Crippen molar-refractivity contribution in [3.8, 4) is 6.07 Å². The molecule has 0 N–H and O–H groups in total. The van der Waals surface area contributed by atoms with Crippen LogP contribution in [0.5, 0.6) is 0 Å². The molecule has 0 radical (unpaired) electrons. The normalized spacial score (nSPS) is 17.2. The molecule has 0 aromatic rings. The van der Waals surface area contributed by atoms with Crippen LogP contribution in [0.2, 0.25) is 0 Å². The summed E-state index contributed by atoms with van der Waals surface area (Å²) < 4.78 is 0. The zero-order valence-corrected chi connectivity index (χ0v) is 7.04. The van der Waals surface area contributed by atoms with Crippen molar-refractivity contribution in [3.05, 3.63) is 24.3 Å². The maximum absolute atomic E-state index is 8.56. The molecule has 0 spiro atoms. The molecule has 0 amide bonds.